The van der Waals surface area contributed by atoms with Crippen LogP contribution >= 0.6 is 11.3 Å². The second kappa shape index (κ2) is 3.48. The molecule has 0 aromatic carbocycles. The van der Waals surface area contributed by atoms with Gasteiger partial charge >= 0.3 is 0 Å². The molecular weight excluding hydrogens is 196 g/mol. The summed E-state index contributed by atoms with van der Waals surface area (Å²) in [6.07, 6.45) is 2.82. The van der Waals surface area contributed by atoms with E-state index in [1.54, 1.807) is 11.3 Å². The molecule has 0 N–H and O–H groups in total. The molecule has 1 aromatic heterocycles. The lowest BCUT2D eigenvalue weighted by molar-refractivity contribution is -0.127. The first kappa shape index (κ1) is 9.87. The lowest BCUT2D eigenvalue weighted by atomic mass is 10.0. The first-order valence-corrected chi connectivity index (χ1v) is 5.70. The number of thiophene rings is 1. The Morgan fingerprint density at radius 3 is 3.00 bits per heavy atom. The van der Waals surface area contributed by atoms with Crippen molar-refractivity contribution in [1.82, 2.24) is 0 Å². The number of aldehydes is 1. The third kappa shape index (κ3) is 1.74. The van der Waals surface area contributed by atoms with Gasteiger partial charge < -0.3 is 9.53 Å². The topological polar surface area (TPSA) is 26.3 Å². The van der Waals surface area contributed by atoms with Gasteiger partial charge in [0.2, 0.25) is 0 Å². The minimum Gasteiger partial charge on any atom is -0.360 e. The molecule has 1 fully saturated rings. The quantitative estimate of drug-likeness (QED) is 0.702. The van der Waals surface area contributed by atoms with E-state index < -0.39 is 5.60 Å². The second-order valence-corrected chi connectivity index (χ2v) is 5.18. The molecule has 0 radical (unpaired) electrons. The maximum Gasteiger partial charge on any atom is 0.151 e. The Morgan fingerprint density at radius 1 is 1.71 bits per heavy atom. The highest BCUT2D eigenvalue weighted by atomic mass is 32.1. The summed E-state index contributed by atoms with van der Waals surface area (Å²) in [5.74, 6) is 0. The Bertz CT molecular complexity index is 345. The summed E-state index contributed by atoms with van der Waals surface area (Å²) < 4.78 is 5.74. The van der Waals surface area contributed by atoms with E-state index in [1.807, 2.05) is 6.92 Å². The number of rotatable bonds is 2. The molecule has 1 aliphatic rings. The molecule has 0 saturated carbocycles. The van der Waals surface area contributed by atoms with Gasteiger partial charge in [-0.05, 0) is 43.7 Å². The number of carbonyl (C=O) groups excluding carboxylic acids is 1. The van der Waals surface area contributed by atoms with Crippen LogP contribution in [0.1, 0.15) is 36.3 Å². The molecular formula is C11H14O2S. The van der Waals surface area contributed by atoms with Crippen LogP contribution in [0.3, 0.4) is 0 Å². The molecule has 0 spiro atoms. The minimum absolute atomic E-state index is 0.121. The number of ether oxygens (including phenoxy) is 1. The van der Waals surface area contributed by atoms with Crippen LogP contribution in [0.2, 0.25) is 0 Å². The number of hydrogen-bond donors (Lipinski definition) is 0. The fourth-order valence-electron chi connectivity index (χ4n) is 1.81. The highest BCUT2D eigenvalue weighted by Crippen LogP contribution is 2.39. The molecule has 2 atom stereocenters. The fourth-order valence-corrected chi connectivity index (χ4v) is 2.56. The van der Waals surface area contributed by atoms with Crippen LogP contribution in [0.5, 0.6) is 0 Å². The van der Waals surface area contributed by atoms with Gasteiger partial charge in [-0.25, -0.2) is 0 Å². The van der Waals surface area contributed by atoms with Crippen molar-refractivity contribution >= 4 is 17.6 Å². The predicted octanol–water partition coefficient (Wildman–Crippen LogP) is 2.87. The molecule has 1 aromatic rings. The standard InChI is InChI=1S/C11H14O2S/c1-8-5-9(6-14-8)10-3-4-11(2,7-12)13-10/h5-7,10H,3-4H2,1-2H3. The van der Waals surface area contributed by atoms with Crippen LogP contribution in [0.4, 0.5) is 0 Å². The summed E-state index contributed by atoms with van der Waals surface area (Å²) in [6.45, 7) is 3.95. The monoisotopic (exact) mass is 210 g/mol. The number of aryl methyl sites for hydroxylation is 1. The van der Waals surface area contributed by atoms with Crippen LogP contribution in [-0.2, 0) is 9.53 Å². The SMILES string of the molecule is Cc1cc(C2CCC(C)(C=O)O2)cs1. The van der Waals surface area contributed by atoms with E-state index in [9.17, 15) is 4.79 Å². The molecule has 76 valence electrons. The molecule has 0 amide bonds. The van der Waals surface area contributed by atoms with E-state index >= 15 is 0 Å². The Morgan fingerprint density at radius 2 is 2.50 bits per heavy atom. The highest BCUT2D eigenvalue weighted by molar-refractivity contribution is 7.10. The van der Waals surface area contributed by atoms with Crippen LogP contribution in [0, 0.1) is 6.92 Å². The zero-order valence-corrected chi connectivity index (χ0v) is 9.26. The zero-order valence-electron chi connectivity index (χ0n) is 8.45. The molecule has 1 aliphatic heterocycles. The molecule has 2 nitrogen and oxygen atoms in total. The normalized spacial score (nSPS) is 32.0. The fraction of sp³-hybridized carbons (Fsp3) is 0.545. The molecule has 2 rings (SSSR count). The lowest BCUT2D eigenvalue weighted by Gasteiger charge is -2.17. The maximum absolute atomic E-state index is 10.8. The first-order valence-electron chi connectivity index (χ1n) is 4.82. The van der Waals surface area contributed by atoms with Crippen LogP contribution in [0.15, 0.2) is 11.4 Å². The van der Waals surface area contributed by atoms with E-state index in [-0.39, 0.29) is 6.10 Å². The van der Waals surface area contributed by atoms with Gasteiger partial charge in [-0.15, -0.1) is 11.3 Å². The summed E-state index contributed by atoms with van der Waals surface area (Å²) in [4.78, 5) is 12.1. The molecule has 0 aliphatic carbocycles. The minimum atomic E-state index is -0.555. The molecule has 1 saturated heterocycles. The van der Waals surface area contributed by atoms with Crippen LogP contribution in [-0.4, -0.2) is 11.9 Å². The molecule has 2 heterocycles. The average Bonchev–Trinajstić information content (AvgIpc) is 2.73. The van der Waals surface area contributed by atoms with Gasteiger partial charge in [0.1, 0.15) is 5.60 Å². The third-order valence-corrected chi connectivity index (χ3v) is 3.57. The Kier molecular flexibility index (Phi) is 2.45. The average molecular weight is 210 g/mol. The Hall–Kier alpha value is -0.670. The van der Waals surface area contributed by atoms with Gasteiger partial charge in [0.25, 0.3) is 0 Å². The number of hydrogen-bond acceptors (Lipinski definition) is 3. The van der Waals surface area contributed by atoms with Crippen LogP contribution < -0.4 is 0 Å². The number of carbonyl (C=O) groups is 1. The second-order valence-electron chi connectivity index (χ2n) is 4.07. The summed E-state index contributed by atoms with van der Waals surface area (Å²) >= 11 is 1.73. The smallest absolute Gasteiger partial charge is 0.151 e. The van der Waals surface area contributed by atoms with Crippen molar-refractivity contribution in [2.45, 2.75) is 38.4 Å². The van der Waals surface area contributed by atoms with E-state index in [0.717, 1.165) is 19.1 Å². The van der Waals surface area contributed by atoms with Crippen molar-refractivity contribution in [3.63, 3.8) is 0 Å². The summed E-state index contributed by atoms with van der Waals surface area (Å²) in [5.41, 5.74) is 0.665. The maximum atomic E-state index is 10.8. The van der Waals surface area contributed by atoms with E-state index in [4.69, 9.17) is 4.74 Å². The van der Waals surface area contributed by atoms with E-state index in [1.165, 1.54) is 10.4 Å². The van der Waals surface area contributed by atoms with Crippen molar-refractivity contribution in [2.75, 3.05) is 0 Å². The van der Waals surface area contributed by atoms with Crippen molar-refractivity contribution in [3.05, 3.63) is 21.9 Å². The largest absolute Gasteiger partial charge is 0.360 e. The van der Waals surface area contributed by atoms with Crippen LogP contribution in [0.25, 0.3) is 0 Å². The van der Waals surface area contributed by atoms with Crippen molar-refractivity contribution < 1.29 is 9.53 Å². The van der Waals surface area contributed by atoms with Crippen molar-refractivity contribution in [3.8, 4) is 0 Å². The third-order valence-electron chi connectivity index (χ3n) is 2.69. The molecule has 0 bridgehead atoms. The van der Waals surface area contributed by atoms with Gasteiger partial charge in [-0.3, -0.25) is 0 Å². The van der Waals surface area contributed by atoms with Gasteiger partial charge in [-0.1, -0.05) is 0 Å². The highest BCUT2D eigenvalue weighted by Gasteiger charge is 2.36. The lowest BCUT2D eigenvalue weighted by Crippen LogP contribution is -2.24. The molecule has 2 unspecified atom stereocenters. The molecule has 3 heteroatoms. The van der Waals surface area contributed by atoms with Gasteiger partial charge in [0.15, 0.2) is 6.29 Å². The van der Waals surface area contributed by atoms with Gasteiger partial charge in [-0.2, -0.15) is 0 Å². The summed E-state index contributed by atoms with van der Waals surface area (Å²) in [5, 5.41) is 2.12. The summed E-state index contributed by atoms with van der Waals surface area (Å²) in [6, 6.07) is 2.14. The van der Waals surface area contributed by atoms with E-state index in [2.05, 4.69) is 18.4 Å². The predicted molar refractivity (Wildman–Crippen MR) is 56.6 cm³/mol. The summed E-state index contributed by atoms with van der Waals surface area (Å²) in [7, 11) is 0. The first-order chi connectivity index (χ1) is 6.63. The Balaban J connectivity index is 2.13. The van der Waals surface area contributed by atoms with Crippen molar-refractivity contribution in [2.24, 2.45) is 0 Å². The van der Waals surface area contributed by atoms with E-state index in [0.29, 0.717) is 0 Å². The van der Waals surface area contributed by atoms with Crippen molar-refractivity contribution in [1.29, 1.82) is 0 Å². The Labute approximate surface area is 87.9 Å². The van der Waals surface area contributed by atoms with Gasteiger partial charge in [0, 0.05) is 4.88 Å². The molecule has 14 heavy (non-hydrogen) atoms. The van der Waals surface area contributed by atoms with Gasteiger partial charge in [0.05, 0.1) is 6.10 Å². The zero-order chi connectivity index (χ0) is 10.2.